The summed E-state index contributed by atoms with van der Waals surface area (Å²) in [5, 5.41) is 6.48. The first-order valence-corrected chi connectivity index (χ1v) is 14.0. The summed E-state index contributed by atoms with van der Waals surface area (Å²) in [5.41, 5.74) is 5.46. The van der Waals surface area contributed by atoms with E-state index in [1.807, 2.05) is 0 Å². The smallest absolute Gasteiger partial charge is 0.220 e. The highest BCUT2D eigenvalue weighted by Crippen LogP contribution is 2.13. The van der Waals surface area contributed by atoms with Gasteiger partial charge in [-0.25, -0.2) is 0 Å². The first-order valence-electron chi connectivity index (χ1n) is 14.0. The normalized spacial score (nSPS) is 10.8. The Balaban J connectivity index is 0. The van der Waals surface area contributed by atoms with Gasteiger partial charge in [-0.15, -0.1) is 12.4 Å². The van der Waals surface area contributed by atoms with E-state index in [1.54, 1.807) is 0 Å². The van der Waals surface area contributed by atoms with Crippen molar-refractivity contribution in [1.82, 2.24) is 10.6 Å². The number of carbonyl (C=O) groups is 1. The maximum Gasteiger partial charge on any atom is 0.220 e. The second kappa shape index (κ2) is 30.7. The van der Waals surface area contributed by atoms with E-state index < -0.39 is 0 Å². The summed E-state index contributed by atoms with van der Waals surface area (Å²) in [6.45, 7) is 5.89. The highest BCUT2D eigenvalue weighted by atomic mass is 35.5. The molecule has 0 unspecified atom stereocenters. The van der Waals surface area contributed by atoms with Crippen molar-refractivity contribution in [3.63, 3.8) is 0 Å². The molecule has 0 radical (unpaired) electrons. The van der Waals surface area contributed by atoms with Crippen molar-refractivity contribution < 1.29 is 4.79 Å². The molecule has 0 rings (SSSR count). The topological polar surface area (TPSA) is 67.2 Å². The van der Waals surface area contributed by atoms with Crippen molar-refractivity contribution in [2.24, 2.45) is 5.73 Å². The average Bonchev–Trinajstić information content (AvgIpc) is 2.77. The van der Waals surface area contributed by atoms with Crippen LogP contribution >= 0.6 is 12.4 Å². The predicted molar refractivity (Wildman–Crippen MR) is 145 cm³/mol. The van der Waals surface area contributed by atoms with Gasteiger partial charge in [-0.3, -0.25) is 4.79 Å². The summed E-state index contributed by atoms with van der Waals surface area (Å²) in [4.78, 5) is 11.7. The van der Waals surface area contributed by atoms with Crippen molar-refractivity contribution in [2.75, 3.05) is 26.2 Å². The molecule has 0 saturated carbocycles. The lowest BCUT2D eigenvalue weighted by Crippen LogP contribution is -2.26. The average molecular weight is 476 g/mol. The molecule has 0 bridgehead atoms. The van der Waals surface area contributed by atoms with E-state index in [0.29, 0.717) is 6.42 Å². The minimum Gasteiger partial charge on any atom is -0.356 e. The molecule has 32 heavy (non-hydrogen) atoms. The molecule has 1 amide bonds. The molecule has 0 aromatic rings. The fourth-order valence-corrected chi connectivity index (χ4v) is 4.06. The molecule has 0 saturated heterocycles. The lowest BCUT2D eigenvalue weighted by atomic mass is 10.0. The van der Waals surface area contributed by atoms with E-state index in [2.05, 4.69) is 17.6 Å². The zero-order valence-electron chi connectivity index (χ0n) is 21.6. The summed E-state index contributed by atoms with van der Waals surface area (Å²) >= 11 is 0. The summed E-state index contributed by atoms with van der Waals surface area (Å²) < 4.78 is 0. The monoisotopic (exact) mass is 475 g/mol. The quantitative estimate of drug-likeness (QED) is 0.115. The Labute approximate surface area is 207 Å². The van der Waals surface area contributed by atoms with Gasteiger partial charge in [0.1, 0.15) is 0 Å². The number of hydrogen-bond acceptors (Lipinski definition) is 3. The van der Waals surface area contributed by atoms with Gasteiger partial charge in [-0.05, 0) is 45.3 Å². The molecule has 0 aliphatic carbocycles. The van der Waals surface area contributed by atoms with E-state index in [1.165, 1.54) is 103 Å². The number of carbonyl (C=O) groups excluding carboxylic acids is 1. The fraction of sp³-hybridized carbons (Fsp3) is 0.963. The Hall–Kier alpha value is -0.320. The molecule has 0 aliphatic heterocycles. The standard InChI is InChI=1S/C27H57N3O.ClH/c1-2-3-4-5-6-7-8-9-10-11-12-13-14-15-16-19-24-29-25-21-22-27(31)30-26-20-17-18-23-28;/h29H,2-26,28H2,1H3,(H,30,31);1H. The van der Waals surface area contributed by atoms with E-state index >= 15 is 0 Å². The van der Waals surface area contributed by atoms with Gasteiger partial charge in [-0.2, -0.15) is 0 Å². The summed E-state index contributed by atoms with van der Waals surface area (Å²) in [6, 6.07) is 0. The van der Waals surface area contributed by atoms with E-state index in [-0.39, 0.29) is 18.3 Å². The maximum absolute atomic E-state index is 11.7. The van der Waals surface area contributed by atoms with Gasteiger partial charge < -0.3 is 16.4 Å². The third-order valence-corrected chi connectivity index (χ3v) is 6.17. The maximum atomic E-state index is 11.7. The van der Waals surface area contributed by atoms with Crippen molar-refractivity contribution in [1.29, 1.82) is 0 Å². The molecule has 194 valence electrons. The number of hydrogen-bond donors (Lipinski definition) is 3. The fourth-order valence-electron chi connectivity index (χ4n) is 4.06. The van der Waals surface area contributed by atoms with Crippen LogP contribution < -0.4 is 16.4 Å². The molecule has 0 spiro atoms. The number of nitrogens with two attached hydrogens (primary N) is 1. The van der Waals surface area contributed by atoms with Crippen LogP contribution in [0.4, 0.5) is 0 Å². The van der Waals surface area contributed by atoms with Crippen molar-refractivity contribution >= 4 is 18.3 Å². The second-order valence-electron chi connectivity index (χ2n) is 9.36. The van der Waals surface area contributed by atoms with Crippen LogP contribution in [0.15, 0.2) is 0 Å². The largest absolute Gasteiger partial charge is 0.356 e. The Kier molecular flexibility index (Phi) is 32.5. The van der Waals surface area contributed by atoms with Crippen molar-refractivity contribution in [3.05, 3.63) is 0 Å². The highest BCUT2D eigenvalue weighted by molar-refractivity contribution is 5.85. The van der Waals surface area contributed by atoms with Crippen LogP contribution in [0.25, 0.3) is 0 Å². The number of rotatable bonds is 26. The molecule has 0 atom stereocenters. The zero-order valence-corrected chi connectivity index (χ0v) is 22.4. The minimum atomic E-state index is 0. The van der Waals surface area contributed by atoms with Gasteiger partial charge in [0, 0.05) is 13.0 Å². The number of halogens is 1. The number of unbranched alkanes of at least 4 members (excludes halogenated alkanes) is 17. The Morgan fingerprint density at radius 1 is 0.562 bits per heavy atom. The third-order valence-electron chi connectivity index (χ3n) is 6.17. The zero-order chi connectivity index (χ0) is 22.7. The molecule has 0 heterocycles. The molecule has 0 aromatic carbocycles. The number of nitrogens with one attached hydrogen (secondary N) is 2. The predicted octanol–water partition coefficient (Wildman–Crippen LogP) is 7.28. The van der Waals surface area contributed by atoms with Crippen LogP contribution in [0.3, 0.4) is 0 Å². The summed E-state index contributed by atoms with van der Waals surface area (Å²) in [5.74, 6) is 0.192. The van der Waals surface area contributed by atoms with Crippen LogP contribution in [-0.4, -0.2) is 32.1 Å². The Morgan fingerprint density at radius 2 is 0.969 bits per heavy atom. The lowest BCUT2D eigenvalue weighted by molar-refractivity contribution is -0.121. The van der Waals surface area contributed by atoms with Crippen molar-refractivity contribution in [3.8, 4) is 0 Å². The Morgan fingerprint density at radius 3 is 1.47 bits per heavy atom. The van der Waals surface area contributed by atoms with Crippen molar-refractivity contribution in [2.45, 2.75) is 142 Å². The minimum absolute atomic E-state index is 0. The van der Waals surface area contributed by atoms with Crippen LogP contribution in [0.1, 0.15) is 142 Å². The molecule has 4 N–H and O–H groups in total. The molecule has 0 fully saturated rings. The molecule has 5 heteroatoms. The van der Waals surface area contributed by atoms with Gasteiger partial charge in [-0.1, -0.05) is 110 Å². The van der Waals surface area contributed by atoms with E-state index in [0.717, 1.165) is 51.9 Å². The van der Waals surface area contributed by atoms with Gasteiger partial charge in [0.25, 0.3) is 0 Å². The lowest BCUT2D eigenvalue weighted by Gasteiger charge is -2.06. The number of amides is 1. The van der Waals surface area contributed by atoms with E-state index in [4.69, 9.17) is 5.73 Å². The van der Waals surface area contributed by atoms with E-state index in [9.17, 15) is 4.79 Å². The van der Waals surface area contributed by atoms with Crippen LogP contribution in [0.5, 0.6) is 0 Å². The van der Waals surface area contributed by atoms with Crippen LogP contribution in [-0.2, 0) is 4.79 Å². The van der Waals surface area contributed by atoms with Gasteiger partial charge in [0.05, 0.1) is 0 Å². The Bertz CT molecular complexity index is 356. The SMILES string of the molecule is CCCCCCCCCCCCCCCCCCNCCCC(=O)NCCCCCN.Cl. The summed E-state index contributed by atoms with van der Waals surface area (Å²) in [7, 11) is 0. The third kappa shape index (κ3) is 29.7. The van der Waals surface area contributed by atoms with Gasteiger partial charge in [0.2, 0.25) is 5.91 Å². The van der Waals surface area contributed by atoms with Crippen LogP contribution in [0, 0.1) is 0 Å². The van der Waals surface area contributed by atoms with Crippen LogP contribution in [0.2, 0.25) is 0 Å². The molecule has 0 aliphatic rings. The molecular weight excluding hydrogens is 418 g/mol. The molecule has 4 nitrogen and oxygen atoms in total. The molecular formula is C27H58ClN3O. The summed E-state index contributed by atoms with van der Waals surface area (Å²) in [6.07, 6.45) is 27.4. The molecule has 0 aromatic heterocycles. The first-order chi connectivity index (χ1) is 15.3. The highest BCUT2D eigenvalue weighted by Gasteiger charge is 2.00. The second-order valence-corrected chi connectivity index (χ2v) is 9.36. The van der Waals surface area contributed by atoms with Gasteiger partial charge in [0.15, 0.2) is 0 Å². The van der Waals surface area contributed by atoms with Gasteiger partial charge >= 0.3 is 0 Å². The first kappa shape index (κ1) is 33.9.